The summed E-state index contributed by atoms with van der Waals surface area (Å²) in [5.74, 6) is -1.77. The highest BCUT2D eigenvalue weighted by Crippen LogP contribution is 2.23. The molecule has 3 amide bonds. The third-order valence-corrected chi connectivity index (χ3v) is 2.81. The van der Waals surface area contributed by atoms with Crippen molar-refractivity contribution in [2.75, 3.05) is 7.05 Å². The number of hydrogen-bond acceptors (Lipinski definition) is 6. The number of amides is 3. The fourth-order valence-corrected chi connectivity index (χ4v) is 1.59. The minimum atomic E-state index is -1.25. The van der Waals surface area contributed by atoms with E-state index in [9.17, 15) is 24.5 Å². The van der Waals surface area contributed by atoms with E-state index in [1.807, 2.05) is 5.32 Å². The lowest BCUT2D eigenvalue weighted by Gasteiger charge is -2.13. The van der Waals surface area contributed by atoms with E-state index in [-0.39, 0.29) is 16.3 Å². The van der Waals surface area contributed by atoms with Crippen molar-refractivity contribution in [2.45, 2.75) is 13.0 Å². The Morgan fingerprint density at radius 1 is 1.36 bits per heavy atom. The summed E-state index contributed by atoms with van der Waals surface area (Å²) in [7, 11) is 1.32. The first-order valence-electron chi connectivity index (χ1n) is 5.93. The van der Waals surface area contributed by atoms with Crippen molar-refractivity contribution in [3.05, 3.63) is 38.9 Å². The molecule has 0 saturated carbocycles. The molecule has 118 valence electrons. The number of hydrogen-bond donors (Lipinski definition) is 2. The summed E-state index contributed by atoms with van der Waals surface area (Å²) in [5, 5.41) is 14.5. The number of nitro groups is 1. The second-order valence-corrected chi connectivity index (χ2v) is 4.44. The normalized spacial score (nSPS) is 11.2. The highest BCUT2D eigenvalue weighted by atomic mass is 35.5. The van der Waals surface area contributed by atoms with E-state index < -0.39 is 28.9 Å². The molecule has 0 unspecified atom stereocenters. The zero-order valence-corrected chi connectivity index (χ0v) is 12.3. The Morgan fingerprint density at radius 2 is 2.00 bits per heavy atom. The molecule has 0 saturated heterocycles. The molecule has 2 N–H and O–H groups in total. The van der Waals surface area contributed by atoms with Crippen molar-refractivity contribution in [3.63, 3.8) is 0 Å². The maximum Gasteiger partial charge on any atom is 0.340 e. The molecule has 0 aliphatic rings. The number of nitrogens with zero attached hydrogens (tertiary/aromatic N) is 1. The van der Waals surface area contributed by atoms with Crippen LogP contribution < -0.4 is 10.6 Å². The molecule has 10 heteroatoms. The molecule has 0 fully saturated rings. The number of nitrogens with one attached hydrogen (secondary N) is 2. The van der Waals surface area contributed by atoms with Gasteiger partial charge in [0, 0.05) is 19.2 Å². The van der Waals surface area contributed by atoms with Gasteiger partial charge in [0.25, 0.3) is 11.6 Å². The smallest absolute Gasteiger partial charge is 0.340 e. The highest BCUT2D eigenvalue weighted by molar-refractivity contribution is 6.33. The van der Waals surface area contributed by atoms with Crippen LogP contribution in [0.15, 0.2) is 18.2 Å². The average molecular weight is 330 g/mol. The Bertz CT molecular complexity index is 633. The number of esters is 1. The first-order chi connectivity index (χ1) is 10.3. The van der Waals surface area contributed by atoms with Crippen LogP contribution in [0.5, 0.6) is 0 Å². The van der Waals surface area contributed by atoms with Crippen molar-refractivity contribution in [2.24, 2.45) is 0 Å². The Kier molecular flexibility index (Phi) is 5.81. The molecule has 1 rings (SSSR count). The Balaban J connectivity index is 2.78. The van der Waals surface area contributed by atoms with Crippen molar-refractivity contribution in [3.8, 4) is 0 Å². The van der Waals surface area contributed by atoms with Crippen LogP contribution in [-0.4, -0.2) is 36.0 Å². The summed E-state index contributed by atoms with van der Waals surface area (Å²) < 4.78 is 4.84. The first kappa shape index (κ1) is 17.4. The minimum absolute atomic E-state index is 0.133. The average Bonchev–Trinajstić information content (AvgIpc) is 2.46. The monoisotopic (exact) mass is 329 g/mol. The van der Waals surface area contributed by atoms with E-state index in [4.69, 9.17) is 16.3 Å². The van der Waals surface area contributed by atoms with E-state index in [0.717, 1.165) is 18.2 Å². The van der Waals surface area contributed by atoms with Crippen LogP contribution in [0.4, 0.5) is 10.5 Å². The van der Waals surface area contributed by atoms with E-state index in [1.54, 1.807) is 0 Å². The number of urea groups is 1. The van der Waals surface area contributed by atoms with Gasteiger partial charge in [-0.05, 0) is 13.0 Å². The van der Waals surface area contributed by atoms with Crippen LogP contribution >= 0.6 is 11.6 Å². The van der Waals surface area contributed by atoms with Crippen molar-refractivity contribution in [1.82, 2.24) is 10.6 Å². The van der Waals surface area contributed by atoms with Gasteiger partial charge in [0.05, 0.1) is 15.5 Å². The van der Waals surface area contributed by atoms with Gasteiger partial charge in [0.15, 0.2) is 6.10 Å². The van der Waals surface area contributed by atoms with Crippen molar-refractivity contribution >= 4 is 35.2 Å². The largest absolute Gasteiger partial charge is 0.449 e. The molecule has 1 aromatic rings. The van der Waals surface area contributed by atoms with Gasteiger partial charge in [-0.1, -0.05) is 11.6 Å². The molecule has 1 aromatic carbocycles. The molecule has 0 bridgehead atoms. The lowest BCUT2D eigenvalue weighted by Crippen LogP contribution is -2.43. The van der Waals surface area contributed by atoms with Crippen LogP contribution in [0.1, 0.15) is 17.3 Å². The number of ether oxygens (including phenoxy) is 1. The standard InChI is InChI=1S/C12H12ClN3O6/c1-6(10(17)15-12(19)14-2)22-11(18)8-4-3-7(16(20)21)5-9(8)13/h3-6H,1-2H3,(H2,14,15,17,19)/t6-/m1/s1. The summed E-state index contributed by atoms with van der Waals surface area (Å²) in [6, 6.07) is 2.44. The van der Waals surface area contributed by atoms with E-state index in [2.05, 4.69) is 5.32 Å². The van der Waals surface area contributed by atoms with Crippen LogP contribution in [0, 0.1) is 10.1 Å². The maximum atomic E-state index is 11.9. The van der Waals surface area contributed by atoms with Crippen molar-refractivity contribution in [1.29, 1.82) is 0 Å². The first-order valence-corrected chi connectivity index (χ1v) is 6.31. The fraction of sp³-hybridized carbons (Fsp3) is 0.250. The van der Waals surface area contributed by atoms with Crippen molar-refractivity contribution < 1.29 is 24.0 Å². The summed E-state index contributed by atoms with van der Waals surface area (Å²) in [6.45, 7) is 1.26. The summed E-state index contributed by atoms with van der Waals surface area (Å²) >= 11 is 5.77. The predicted molar refractivity (Wildman–Crippen MR) is 75.6 cm³/mol. The van der Waals surface area contributed by atoms with Crippen LogP contribution in [0.25, 0.3) is 0 Å². The predicted octanol–water partition coefficient (Wildman–Crippen LogP) is 1.25. The zero-order valence-electron chi connectivity index (χ0n) is 11.6. The molecule has 0 aliphatic heterocycles. The summed E-state index contributed by atoms with van der Waals surface area (Å²) in [5.41, 5.74) is -0.418. The number of rotatable bonds is 4. The molecule has 0 aromatic heterocycles. The molecule has 9 nitrogen and oxygen atoms in total. The third-order valence-electron chi connectivity index (χ3n) is 2.50. The Hall–Kier alpha value is -2.68. The summed E-state index contributed by atoms with van der Waals surface area (Å²) in [6.07, 6.45) is -1.25. The van der Waals surface area contributed by atoms with E-state index in [1.165, 1.54) is 14.0 Å². The Labute approximate surface area is 129 Å². The fourth-order valence-electron chi connectivity index (χ4n) is 1.34. The lowest BCUT2D eigenvalue weighted by molar-refractivity contribution is -0.384. The SMILES string of the molecule is CNC(=O)NC(=O)[C@@H](C)OC(=O)c1ccc([N+](=O)[O-])cc1Cl. The molecular formula is C12H12ClN3O6. The molecule has 0 aliphatic carbocycles. The second-order valence-electron chi connectivity index (χ2n) is 4.04. The summed E-state index contributed by atoms with van der Waals surface area (Å²) in [4.78, 5) is 44.3. The van der Waals surface area contributed by atoms with Gasteiger partial charge < -0.3 is 10.1 Å². The number of halogens is 1. The molecular weight excluding hydrogens is 318 g/mol. The highest BCUT2D eigenvalue weighted by Gasteiger charge is 2.22. The van der Waals surface area contributed by atoms with E-state index in [0.29, 0.717) is 0 Å². The van der Waals surface area contributed by atoms with Gasteiger partial charge in [-0.15, -0.1) is 0 Å². The van der Waals surface area contributed by atoms with Crippen LogP contribution in [-0.2, 0) is 9.53 Å². The topological polar surface area (TPSA) is 128 Å². The molecule has 0 radical (unpaired) electrons. The second kappa shape index (κ2) is 7.36. The number of imide groups is 1. The van der Waals surface area contributed by atoms with Crippen LogP contribution in [0.3, 0.4) is 0 Å². The Morgan fingerprint density at radius 3 is 2.50 bits per heavy atom. The van der Waals surface area contributed by atoms with Gasteiger partial charge in [-0.25, -0.2) is 9.59 Å². The zero-order chi connectivity index (χ0) is 16.9. The number of carbonyl (C=O) groups is 3. The quantitative estimate of drug-likeness (QED) is 0.486. The molecule has 0 spiro atoms. The van der Waals surface area contributed by atoms with Gasteiger partial charge in [-0.3, -0.25) is 20.2 Å². The molecule has 0 heterocycles. The maximum absolute atomic E-state index is 11.9. The van der Waals surface area contributed by atoms with Crippen LogP contribution in [0.2, 0.25) is 5.02 Å². The van der Waals surface area contributed by atoms with Gasteiger partial charge >= 0.3 is 12.0 Å². The van der Waals surface area contributed by atoms with E-state index >= 15 is 0 Å². The lowest BCUT2D eigenvalue weighted by atomic mass is 10.2. The number of benzene rings is 1. The van der Waals surface area contributed by atoms with Gasteiger partial charge in [0.2, 0.25) is 0 Å². The van der Waals surface area contributed by atoms with Gasteiger partial charge in [0.1, 0.15) is 0 Å². The number of nitro benzene ring substituents is 1. The molecule has 1 atom stereocenters. The third kappa shape index (κ3) is 4.42. The number of non-ortho nitro benzene ring substituents is 1. The molecule has 22 heavy (non-hydrogen) atoms. The van der Waals surface area contributed by atoms with Gasteiger partial charge in [-0.2, -0.15) is 0 Å². The number of carbonyl (C=O) groups excluding carboxylic acids is 3. The minimum Gasteiger partial charge on any atom is -0.449 e.